The molecule has 1 heterocycles. The van der Waals surface area contributed by atoms with Crippen molar-refractivity contribution in [1.82, 2.24) is 0 Å². The molecule has 1 aliphatic heterocycles. The summed E-state index contributed by atoms with van der Waals surface area (Å²) < 4.78 is 68.8. The molecule has 0 aliphatic carbocycles. The van der Waals surface area contributed by atoms with Gasteiger partial charge >= 0.3 is 12.1 Å². The Labute approximate surface area is 111 Å². The Morgan fingerprint density at radius 3 is 2.25 bits per heavy atom. The molecule has 0 fully saturated rings. The molecule has 1 aromatic carbocycles. The third kappa shape index (κ3) is 2.32. The van der Waals surface area contributed by atoms with Crippen molar-refractivity contribution in [2.75, 3.05) is 0 Å². The van der Waals surface area contributed by atoms with Gasteiger partial charge in [0.15, 0.2) is 0 Å². The zero-order chi connectivity index (χ0) is 15.3. The van der Waals surface area contributed by atoms with Crippen LogP contribution >= 0.6 is 0 Å². The largest absolute Gasteiger partial charge is 0.507 e. The Hall–Kier alpha value is -1.79. The first-order valence-corrected chi connectivity index (χ1v) is 5.64. The number of benzene rings is 1. The van der Waals surface area contributed by atoms with Crippen LogP contribution in [-0.4, -0.2) is 16.9 Å². The van der Waals surface area contributed by atoms with Gasteiger partial charge in [0.2, 0.25) is 0 Å². The highest BCUT2D eigenvalue weighted by Gasteiger charge is 2.58. The lowest BCUT2D eigenvalue weighted by atomic mass is 9.97. The van der Waals surface area contributed by atoms with E-state index in [4.69, 9.17) is 4.74 Å². The lowest BCUT2D eigenvalue weighted by molar-refractivity contribution is -0.289. The fourth-order valence-corrected chi connectivity index (χ4v) is 1.90. The minimum absolute atomic E-state index is 0.0525. The molecule has 0 atom stereocenters. The van der Waals surface area contributed by atoms with E-state index in [2.05, 4.69) is 0 Å². The van der Waals surface area contributed by atoms with Crippen LogP contribution < -0.4 is 4.74 Å². The maximum atomic E-state index is 13.2. The first kappa shape index (κ1) is 14.6. The van der Waals surface area contributed by atoms with Crippen LogP contribution in [0.15, 0.2) is 24.3 Å². The van der Waals surface area contributed by atoms with E-state index >= 15 is 0 Å². The average Bonchev–Trinajstić information content (AvgIpc) is 2.25. The molecule has 1 N–H and O–H groups in total. The van der Waals surface area contributed by atoms with E-state index in [1.54, 1.807) is 13.8 Å². The molecule has 0 saturated heterocycles. The summed E-state index contributed by atoms with van der Waals surface area (Å²) in [4.78, 5) is 0. The quantitative estimate of drug-likeness (QED) is 0.777. The summed E-state index contributed by atoms with van der Waals surface area (Å²) in [5.74, 6) is -5.33. The van der Waals surface area contributed by atoms with Gasteiger partial charge in [0.1, 0.15) is 17.1 Å². The topological polar surface area (TPSA) is 29.5 Å². The van der Waals surface area contributed by atoms with Gasteiger partial charge in [0, 0.05) is 11.6 Å². The van der Waals surface area contributed by atoms with E-state index in [0.29, 0.717) is 12.1 Å². The zero-order valence-corrected chi connectivity index (χ0v) is 10.6. The molecule has 7 heteroatoms. The first-order chi connectivity index (χ1) is 8.94. The van der Waals surface area contributed by atoms with Crippen molar-refractivity contribution < 1.29 is 31.8 Å². The van der Waals surface area contributed by atoms with E-state index < -0.39 is 29.0 Å². The summed E-state index contributed by atoms with van der Waals surface area (Å²) in [5, 5.41) is 9.74. The molecule has 0 unspecified atom stereocenters. The molecule has 110 valence electrons. The van der Waals surface area contributed by atoms with Crippen molar-refractivity contribution in [1.29, 1.82) is 0 Å². The molecular weight excluding hydrogens is 283 g/mol. The van der Waals surface area contributed by atoms with Crippen LogP contribution in [0.2, 0.25) is 0 Å². The number of aliphatic hydroxyl groups is 1. The van der Waals surface area contributed by atoms with E-state index in [0.717, 1.165) is 6.07 Å². The number of alkyl halides is 5. The number of ether oxygens (including phenoxy) is 1. The predicted molar refractivity (Wildman–Crippen MR) is 61.7 cm³/mol. The SMILES string of the molecule is CC1(C)C=C(O)c2cc(C(F)(F)C(F)(F)F)ccc2O1. The van der Waals surface area contributed by atoms with E-state index in [1.807, 2.05) is 0 Å². The second-order valence-corrected chi connectivity index (χ2v) is 5.02. The minimum atomic E-state index is -5.70. The summed E-state index contributed by atoms with van der Waals surface area (Å²) in [7, 11) is 0. The van der Waals surface area contributed by atoms with Gasteiger partial charge in [-0.15, -0.1) is 0 Å². The van der Waals surface area contributed by atoms with E-state index in [-0.39, 0.29) is 11.3 Å². The first-order valence-electron chi connectivity index (χ1n) is 5.64. The molecule has 1 aliphatic rings. The zero-order valence-electron chi connectivity index (χ0n) is 10.6. The fourth-order valence-electron chi connectivity index (χ4n) is 1.90. The molecular formula is C13H11F5O2. The van der Waals surface area contributed by atoms with Gasteiger partial charge in [-0.3, -0.25) is 0 Å². The molecule has 0 saturated carbocycles. The Bertz CT molecular complexity index is 573. The van der Waals surface area contributed by atoms with Crippen LogP contribution in [0.25, 0.3) is 5.76 Å². The van der Waals surface area contributed by atoms with Crippen molar-refractivity contribution in [3.05, 3.63) is 35.4 Å². The smallest absolute Gasteiger partial charge is 0.458 e. The van der Waals surface area contributed by atoms with Crippen LogP contribution in [0.1, 0.15) is 25.0 Å². The van der Waals surface area contributed by atoms with Crippen LogP contribution in [-0.2, 0) is 5.92 Å². The van der Waals surface area contributed by atoms with Gasteiger partial charge in [0.25, 0.3) is 0 Å². The standard InChI is InChI=1S/C13H11F5O2/c1-11(2)6-9(19)8-5-7(3-4-10(8)20-11)12(14,15)13(16,17)18/h3-6,19H,1-2H3. The summed E-state index contributed by atoms with van der Waals surface area (Å²) in [6.45, 7) is 3.23. The van der Waals surface area contributed by atoms with Crippen LogP contribution in [0, 0.1) is 0 Å². The molecule has 1 aromatic rings. The maximum Gasteiger partial charge on any atom is 0.458 e. The molecule has 0 spiro atoms. The van der Waals surface area contributed by atoms with Crippen molar-refractivity contribution in [2.45, 2.75) is 31.5 Å². The summed E-state index contributed by atoms with van der Waals surface area (Å²) in [6, 6.07) is 2.22. The van der Waals surface area contributed by atoms with Gasteiger partial charge in [-0.1, -0.05) is 0 Å². The number of hydrogen-bond acceptors (Lipinski definition) is 2. The molecule has 2 rings (SSSR count). The monoisotopic (exact) mass is 294 g/mol. The third-order valence-corrected chi connectivity index (χ3v) is 2.83. The normalized spacial score (nSPS) is 18.1. The maximum absolute atomic E-state index is 13.2. The molecule has 0 amide bonds. The molecule has 20 heavy (non-hydrogen) atoms. The Morgan fingerprint density at radius 2 is 1.70 bits per heavy atom. The Morgan fingerprint density at radius 1 is 1.10 bits per heavy atom. The molecule has 0 aromatic heterocycles. The second-order valence-electron chi connectivity index (χ2n) is 5.02. The van der Waals surface area contributed by atoms with E-state index in [9.17, 15) is 27.1 Å². The Kier molecular flexibility index (Phi) is 3.00. The van der Waals surface area contributed by atoms with Crippen molar-refractivity contribution in [3.63, 3.8) is 0 Å². The van der Waals surface area contributed by atoms with Crippen molar-refractivity contribution >= 4 is 5.76 Å². The number of aliphatic hydroxyl groups excluding tert-OH is 1. The van der Waals surface area contributed by atoms with Crippen molar-refractivity contribution in [2.24, 2.45) is 0 Å². The highest BCUT2D eigenvalue weighted by molar-refractivity contribution is 5.68. The van der Waals surface area contributed by atoms with Gasteiger partial charge in [0.05, 0.1) is 5.56 Å². The summed E-state index contributed by atoms with van der Waals surface area (Å²) >= 11 is 0. The summed E-state index contributed by atoms with van der Waals surface area (Å²) in [6.07, 6.45) is -4.46. The third-order valence-electron chi connectivity index (χ3n) is 2.83. The molecule has 0 bridgehead atoms. The van der Waals surface area contributed by atoms with Crippen LogP contribution in [0.5, 0.6) is 5.75 Å². The predicted octanol–water partition coefficient (Wildman–Crippen LogP) is 4.41. The second kappa shape index (κ2) is 4.10. The van der Waals surface area contributed by atoms with E-state index in [1.165, 1.54) is 6.08 Å². The van der Waals surface area contributed by atoms with Crippen LogP contribution in [0.3, 0.4) is 0 Å². The number of fused-ring (bicyclic) bond motifs is 1. The van der Waals surface area contributed by atoms with Crippen LogP contribution in [0.4, 0.5) is 22.0 Å². The van der Waals surface area contributed by atoms with Crippen molar-refractivity contribution in [3.8, 4) is 5.75 Å². The summed E-state index contributed by atoms with van der Waals surface area (Å²) in [5.41, 5.74) is -2.30. The highest BCUT2D eigenvalue weighted by Crippen LogP contribution is 2.46. The van der Waals surface area contributed by atoms with Gasteiger partial charge in [-0.05, 0) is 32.0 Å². The average molecular weight is 294 g/mol. The van der Waals surface area contributed by atoms with Gasteiger partial charge in [-0.2, -0.15) is 22.0 Å². The highest BCUT2D eigenvalue weighted by atomic mass is 19.4. The fraction of sp³-hybridized carbons (Fsp3) is 0.385. The molecule has 0 radical (unpaired) electrons. The lowest BCUT2D eigenvalue weighted by Gasteiger charge is -2.30. The minimum Gasteiger partial charge on any atom is -0.507 e. The van der Waals surface area contributed by atoms with Gasteiger partial charge in [-0.25, -0.2) is 0 Å². The molecule has 2 nitrogen and oxygen atoms in total. The number of rotatable bonds is 1. The Balaban J connectivity index is 2.52. The lowest BCUT2D eigenvalue weighted by Crippen LogP contribution is -2.34. The number of halogens is 5. The number of hydrogen-bond donors (Lipinski definition) is 1. The van der Waals surface area contributed by atoms with Gasteiger partial charge < -0.3 is 9.84 Å².